The van der Waals surface area contributed by atoms with Crippen molar-refractivity contribution in [1.82, 2.24) is 0 Å². The SMILES string of the molecule is CC(=O)Oc1coc2cc(C(F)(F)F)ccc12. The van der Waals surface area contributed by atoms with Crippen molar-refractivity contribution in [3.05, 3.63) is 30.0 Å². The second-order valence-electron chi connectivity index (χ2n) is 3.40. The van der Waals surface area contributed by atoms with Crippen molar-refractivity contribution in [3.63, 3.8) is 0 Å². The maximum atomic E-state index is 12.4. The third kappa shape index (κ3) is 2.25. The fourth-order valence-corrected chi connectivity index (χ4v) is 1.41. The van der Waals surface area contributed by atoms with Crippen LogP contribution in [0.5, 0.6) is 5.75 Å². The summed E-state index contributed by atoms with van der Waals surface area (Å²) >= 11 is 0. The van der Waals surface area contributed by atoms with Gasteiger partial charge in [0.05, 0.1) is 10.9 Å². The highest BCUT2D eigenvalue weighted by Crippen LogP contribution is 2.35. The minimum Gasteiger partial charge on any atom is -0.460 e. The van der Waals surface area contributed by atoms with E-state index in [-0.39, 0.29) is 11.3 Å². The van der Waals surface area contributed by atoms with Gasteiger partial charge in [-0.05, 0) is 18.2 Å². The Hall–Kier alpha value is -1.98. The molecule has 0 amide bonds. The van der Waals surface area contributed by atoms with Gasteiger partial charge in [0.25, 0.3) is 0 Å². The molecule has 1 heterocycles. The average Bonchev–Trinajstić information content (AvgIpc) is 2.59. The monoisotopic (exact) mass is 244 g/mol. The zero-order chi connectivity index (χ0) is 12.6. The fraction of sp³-hybridized carbons (Fsp3) is 0.182. The van der Waals surface area contributed by atoms with E-state index in [2.05, 4.69) is 0 Å². The van der Waals surface area contributed by atoms with E-state index in [1.807, 2.05) is 0 Å². The number of alkyl halides is 3. The predicted molar refractivity (Wildman–Crippen MR) is 52.5 cm³/mol. The Morgan fingerprint density at radius 1 is 1.35 bits per heavy atom. The van der Waals surface area contributed by atoms with Crippen LogP contribution in [0.15, 0.2) is 28.9 Å². The van der Waals surface area contributed by atoms with E-state index in [0.717, 1.165) is 18.4 Å². The second-order valence-corrected chi connectivity index (χ2v) is 3.40. The van der Waals surface area contributed by atoms with Gasteiger partial charge in [-0.25, -0.2) is 0 Å². The Morgan fingerprint density at radius 2 is 2.06 bits per heavy atom. The number of rotatable bonds is 1. The van der Waals surface area contributed by atoms with E-state index < -0.39 is 17.7 Å². The summed E-state index contributed by atoms with van der Waals surface area (Å²) in [4.78, 5) is 10.7. The lowest BCUT2D eigenvalue weighted by molar-refractivity contribution is -0.137. The van der Waals surface area contributed by atoms with Gasteiger partial charge >= 0.3 is 12.1 Å². The summed E-state index contributed by atoms with van der Waals surface area (Å²) in [5.41, 5.74) is -0.787. The van der Waals surface area contributed by atoms with E-state index in [0.29, 0.717) is 5.39 Å². The molecule has 0 saturated heterocycles. The lowest BCUT2D eigenvalue weighted by atomic mass is 10.1. The summed E-state index contributed by atoms with van der Waals surface area (Å²) in [6.07, 6.45) is -3.32. The number of furan rings is 1. The summed E-state index contributed by atoms with van der Waals surface area (Å²) in [5.74, 6) is -0.450. The Kier molecular flexibility index (Phi) is 2.57. The van der Waals surface area contributed by atoms with Gasteiger partial charge in [0.2, 0.25) is 0 Å². The van der Waals surface area contributed by atoms with Gasteiger partial charge in [-0.3, -0.25) is 4.79 Å². The van der Waals surface area contributed by atoms with Gasteiger partial charge < -0.3 is 9.15 Å². The van der Waals surface area contributed by atoms with Crippen LogP contribution in [0.25, 0.3) is 11.0 Å². The molecule has 0 fully saturated rings. The standard InChI is InChI=1S/C11H7F3O3/c1-6(15)17-10-5-16-9-4-7(11(12,13)14)2-3-8(9)10/h2-5H,1H3. The molecule has 0 aliphatic heterocycles. The molecule has 0 unspecified atom stereocenters. The first-order valence-electron chi connectivity index (χ1n) is 4.65. The minimum absolute atomic E-state index is 0.0241. The van der Waals surface area contributed by atoms with Gasteiger partial charge in [0.1, 0.15) is 11.8 Å². The van der Waals surface area contributed by atoms with Crippen LogP contribution in [0, 0.1) is 0 Å². The quantitative estimate of drug-likeness (QED) is 0.722. The first-order valence-corrected chi connectivity index (χ1v) is 4.65. The number of carbonyl (C=O) groups is 1. The van der Waals surface area contributed by atoms with Crippen molar-refractivity contribution in [3.8, 4) is 5.75 Å². The Balaban J connectivity index is 2.48. The first-order chi connectivity index (χ1) is 7.88. The fourth-order valence-electron chi connectivity index (χ4n) is 1.41. The topological polar surface area (TPSA) is 39.4 Å². The summed E-state index contributed by atoms with van der Waals surface area (Å²) in [6.45, 7) is 1.20. The van der Waals surface area contributed by atoms with E-state index >= 15 is 0 Å². The highest BCUT2D eigenvalue weighted by Gasteiger charge is 2.31. The highest BCUT2D eigenvalue weighted by molar-refractivity contribution is 5.87. The zero-order valence-electron chi connectivity index (χ0n) is 8.67. The molecule has 1 aromatic carbocycles. The number of hydrogen-bond acceptors (Lipinski definition) is 3. The summed E-state index contributed by atoms with van der Waals surface area (Å²) in [7, 11) is 0. The molecule has 0 atom stereocenters. The normalized spacial score (nSPS) is 11.8. The van der Waals surface area contributed by atoms with Gasteiger partial charge in [0, 0.05) is 6.92 Å². The lowest BCUT2D eigenvalue weighted by Gasteiger charge is -2.05. The van der Waals surface area contributed by atoms with Crippen molar-refractivity contribution in [2.24, 2.45) is 0 Å². The Morgan fingerprint density at radius 3 is 2.65 bits per heavy atom. The number of hydrogen-bond donors (Lipinski definition) is 0. The highest BCUT2D eigenvalue weighted by atomic mass is 19.4. The molecule has 0 aliphatic carbocycles. The van der Waals surface area contributed by atoms with Crippen LogP contribution in [-0.4, -0.2) is 5.97 Å². The molecule has 90 valence electrons. The maximum absolute atomic E-state index is 12.4. The number of halogens is 3. The molecular formula is C11H7F3O3. The number of esters is 1. The van der Waals surface area contributed by atoms with Crippen LogP contribution in [-0.2, 0) is 11.0 Å². The molecular weight excluding hydrogens is 237 g/mol. The molecule has 2 aromatic rings. The summed E-state index contributed by atoms with van der Waals surface area (Å²) < 4.78 is 46.9. The lowest BCUT2D eigenvalue weighted by Crippen LogP contribution is -2.04. The summed E-state index contributed by atoms with van der Waals surface area (Å²) in [6, 6.07) is 2.98. The van der Waals surface area contributed by atoms with Gasteiger partial charge in [-0.2, -0.15) is 13.2 Å². The van der Waals surface area contributed by atoms with Crippen molar-refractivity contribution in [2.75, 3.05) is 0 Å². The van der Waals surface area contributed by atoms with E-state index in [1.165, 1.54) is 13.0 Å². The molecule has 0 spiro atoms. The minimum atomic E-state index is -4.43. The van der Waals surface area contributed by atoms with Crippen LogP contribution in [0.4, 0.5) is 13.2 Å². The van der Waals surface area contributed by atoms with Gasteiger partial charge in [-0.15, -0.1) is 0 Å². The van der Waals surface area contributed by atoms with Crippen molar-refractivity contribution < 1.29 is 27.1 Å². The van der Waals surface area contributed by atoms with Crippen molar-refractivity contribution in [1.29, 1.82) is 0 Å². The van der Waals surface area contributed by atoms with Crippen LogP contribution in [0.1, 0.15) is 12.5 Å². The first kappa shape index (κ1) is 11.5. The molecule has 6 heteroatoms. The Bertz CT molecular complexity index is 569. The zero-order valence-corrected chi connectivity index (χ0v) is 8.67. The number of benzene rings is 1. The predicted octanol–water partition coefficient (Wildman–Crippen LogP) is 3.38. The number of carbonyl (C=O) groups excluding carboxylic acids is 1. The van der Waals surface area contributed by atoms with Crippen molar-refractivity contribution in [2.45, 2.75) is 13.1 Å². The molecule has 0 saturated carbocycles. The van der Waals surface area contributed by atoms with Crippen LogP contribution >= 0.6 is 0 Å². The van der Waals surface area contributed by atoms with E-state index in [9.17, 15) is 18.0 Å². The number of fused-ring (bicyclic) bond motifs is 1. The second kappa shape index (κ2) is 3.80. The molecule has 0 aliphatic rings. The van der Waals surface area contributed by atoms with Gasteiger partial charge in [-0.1, -0.05) is 0 Å². The van der Waals surface area contributed by atoms with E-state index in [1.54, 1.807) is 0 Å². The molecule has 0 N–H and O–H groups in total. The molecule has 1 aromatic heterocycles. The summed E-state index contributed by atoms with van der Waals surface area (Å²) in [5, 5.41) is 0.327. The largest absolute Gasteiger partial charge is 0.460 e. The molecule has 3 nitrogen and oxygen atoms in total. The third-order valence-electron chi connectivity index (χ3n) is 2.12. The molecule has 2 rings (SSSR count). The van der Waals surface area contributed by atoms with Gasteiger partial charge in [0.15, 0.2) is 5.75 Å². The third-order valence-corrected chi connectivity index (χ3v) is 2.12. The van der Waals surface area contributed by atoms with Crippen LogP contribution in [0.2, 0.25) is 0 Å². The maximum Gasteiger partial charge on any atom is 0.416 e. The molecule has 0 radical (unpaired) electrons. The van der Waals surface area contributed by atoms with Crippen molar-refractivity contribution >= 4 is 16.9 Å². The molecule has 17 heavy (non-hydrogen) atoms. The smallest absolute Gasteiger partial charge is 0.416 e. The average molecular weight is 244 g/mol. The van der Waals surface area contributed by atoms with Crippen LogP contribution < -0.4 is 4.74 Å². The Labute approximate surface area is 93.8 Å². The molecule has 0 bridgehead atoms. The number of ether oxygens (including phenoxy) is 1. The van der Waals surface area contributed by atoms with Crippen LogP contribution in [0.3, 0.4) is 0 Å². The van der Waals surface area contributed by atoms with E-state index in [4.69, 9.17) is 9.15 Å².